The molecule has 0 bridgehead atoms. The molecule has 1 heterocycles. The van der Waals surface area contributed by atoms with E-state index in [4.69, 9.17) is 0 Å². The van der Waals surface area contributed by atoms with E-state index in [2.05, 4.69) is 80.4 Å². The highest BCUT2D eigenvalue weighted by Crippen LogP contribution is 2.32. The van der Waals surface area contributed by atoms with Gasteiger partial charge < -0.3 is 0 Å². The van der Waals surface area contributed by atoms with Crippen LogP contribution in [-0.2, 0) is 5.41 Å². The Morgan fingerprint density at radius 2 is 1.50 bits per heavy atom. The molecule has 0 N–H and O–H groups in total. The Kier molecular flexibility index (Phi) is 3.38. The molecular weight excluding hydrogens is 290 g/mol. The number of rotatable bonds is 1. The third kappa shape index (κ3) is 2.56. The highest BCUT2D eigenvalue weighted by molar-refractivity contribution is 6.08. The normalized spacial score (nSPS) is 12.0. The minimum Gasteiger partial charge on any atom is -0.256 e. The van der Waals surface area contributed by atoms with Crippen LogP contribution in [-0.4, -0.2) is 4.98 Å². The molecule has 24 heavy (non-hydrogen) atoms. The highest BCUT2D eigenvalue weighted by Gasteiger charge is 2.14. The van der Waals surface area contributed by atoms with Crippen molar-refractivity contribution in [2.24, 2.45) is 0 Å². The van der Waals surface area contributed by atoms with Crippen molar-refractivity contribution in [2.75, 3.05) is 0 Å². The van der Waals surface area contributed by atoms with E-state index in [1.165, 1.54) is 27.1 Å². The summed E-state index contributed by atoms with van der Waals surface area (Å²) < 4.78 is 0. The molecule has 1 aromatic heterocycles. The maximum absolute atomic E-state index is 4.48. The largest absolute Gasteiger partial charge is 0.256 e. The van der Waals surface area contributed by atoms with Gasteiger partial charge in [-0.1, -0.05) is 69.3 Å². The van der Waals surface area contributed by atoms with Gasteiger partial charge in [0.05, 0.1) is 5.69 Å². The fourth-order valence-corrected chi connectivity index (χ4v) is 3.22. The highest BCUT2D eigenvalue weighted by atomic mass is 14.7. The van der Waals surface area contributed by atoms with Gasteiger partial charge in [0.2, 0.25) is 0 Å². The second-order valence-electron chi connectivity index (χ2n) is 7.40. The molecule has 0 atom stereocenters. The summed E-state index contributed by atoms with van der Waals surface area (Å²) in [6.45, 7) is 6.77. The predicted molar refractivity (Wildman–Crippen MR) is 103 cm³/mol. The van der Waals surface area contributed by atoms with Crippen LogP contribution in [0.25, 0.3) is 32.8 Å². The van der Waals surface area contributed by atoms with Gasteiger partial charge in [0, 0.05) is 11.8 Å². The molecule has 0 amide bonds. The van der Waals surface area contributed by atoms with Gasteiger partial charge in [0.25, 0.3) is 0 Å². The van der Waals surface area contributed by atoms with Crippen molar-refractivity contribution in [1.29, 1.82) is 0 Å². The van der Waals surface area contributed by atoms with Crippen molar-refractivity contribution >= 4 is 21.5 Å². The smallest absolute Gasteiger partial charge is 0.0702 e. The lowest BCUT2D eigenvalue weighted by Crippen LogP contribution is -2.10. The molecule has 0 aliphatic rings. The SMILES string of the molecule is CC(C)(C)c1ccc2c(ccc3ccc(-c4ccccn4)cc32)c1. The maximum Gasteiger partial charge on any atom is 0.0702 e. The Balaban J connectivity index is 1.96. The van der Waals surface area contributed by atoms with Gasteiger partial charge in [-0.05, 0) is 50.7 Å². The molecule has 0 saturated carbocycles. The zero-order valence-corrected chi connectivity index (χ0v) is 14.4. The van der Waals surface area contributed by atoms with E-state index >= 15 is 0 Å². The number of hydrogen-bond donors (Lipinski definition) is 0. The van der Waals surface area contributed by atoms with Gasteiger partial charge in [0.15, 0.2) is 0 Å². The van der Waals surface area contributed by atoms with Gasteiger partial charge in [-0.25, -0.2) is 0 Å². The molecule has 4 aromatic rings. The molecule has 118 valence electrons. The first-order valence-corrected chi connectivity index (χ1v) is 8.41. The lowest BCUT2D eigenvalue weighted by Gasteiger charge is -2.19. The van der Waals surface area contributed by atoms with Crippen molar-refractivity contribution in [3.63, 3.8) is 0 Å². The van der Waals surface area contributed by atoms with E-state index in [9.17, 15) is 0 Å². The average Bonchev–Trinajstić information content (AvgIpc) is 2.60. The van der Waals surface area contributed by atoms with Gasteiger partial charge in [-0.15, -0.1) is 0 Å². The van der Waals surface area contributed by atoms with Gasteiger partial charge >= 0.3 is 0 Å². The maximum atomic E-state index is 4.48. The number of benzene rings is 3. The number of aromatic nitrogens is 1. The summed E-state index contributed by atoms with van der Waals surface area (Å²) >= 11 is 0. The first kappa shape index (κ1) is 14.9. The molecule has 0 fully saturated rings. The molecule has 4 rings (SSSR count). The molecule has 0 saturated heterocycles. The van der Waals surface area contributed by atoms with Gasteiger partial charge in [-0.2, -0.15) is 0 Å². The van der Waals surface area contributed by atoms with Crippen molar-refractivity contribution in [3.05, 3.63) is 78.5 Å². The van der Waals surface area contributed by atoms with Crippen molar-refractivity contribution < 1.29 is 0 Å². The minimum absolute atomic E-state index is 0.166. The first-order valence-electron chi connectivity index (χ1n) is 8.41. The Hall–Kier alpha value is -2.67. The van der Waals surface area contributed by atoms with Crippen molar-refractivity contribution in [3.8, 4) is 11.3 Å². The monoisotopic (exact) mass is 311 g/mol. The second-order valence-corrected chi connectivity index (χ2v) is 7.40. The molecular formula is C23H21N. The number of pyridine rings is 1. The van der Waals surface area contributed by atoms with Crippen molar-refractivity contribution in [2.45, 2.75) is 26.2 Å². The van der Waals surface area contributed by atoms with Crippen LogP contribution in [0.1, 0.15) is 26.3 Å². The van der Waals surface area contributed by atoms with Crippen LogP contribution in [0.5, 0.6) is 0 Å². The molecule has 0 spiro atoms. The molecule has 1 heteroatoms. The number of fused-ring (bicyclic) bond motifs is 3. The van der Waals surface area contributed by atoms with Crippen LogP contribution >= 0.6 is 0 Å². The fourth-order valence-electron chi connectivity index (χ4n) is 3.22. The van der Waals surface area contributed by atoms with Crippen LogP contribution in [0, 0.1) is 0 Å². The summed E-state index contributed by atoms with van der Waals surface area (Å²) in [6, 6.07) is 23.9. The Morgan fingerprint density at radius 3 is 2.25 bits per heavy atom. The zero-order valence-electron chi connectivity index (χ0n) is 14.4. The molecule has 0 aliphatic heterocycles. The molecule has 0 radical (unpaired) electrons. The van der Waals surface area contributed by atoms with E-state index < -0.39 is 0 Å². The van der Waals surface area contributed by atoms with Crippen LogP contribution < -0.4 is 0 Å². The fraction of sp³-hybridized carbons (Fsp3) is 0.174. The Labute approximate surface area is 143 Å². The van der Waals surface area contributed by atoms with Gasteiger partial charge in [0.1, 0.15) is 0 Å². The average molecular weight is 311 g/mol. The summed E-state index contributed by atoms with van der Waals surface area (Å²) in [7, 11) is 0. The summed E-state index contributed by atoms with van der Waals surface area (Å²) in [5, 5.41) is 5.16. The topological polar surface area (TPSA) is 12.9 Å². The van der Waals surface area contributed by atoms with E-state index in [0.717, 1.165) is 11.3 Å². The quantitative estimate of drug-likeness (QED) is 0.373. The summed E-state index contributed by atoms with van der Waals surface area (Å²) in [4.78, 5) is 4.48. The van der Waals surface area contributed by atoms with E-state index in [1.54, 1.807) is 0 Å². The van der Waals surface area contributed by atoms with E-state index in [0.29, 0.717) is 0 Å². The van der Waals surface area contributed by atoms with Crippen molar-refractivity contribution in [1.82, 2.24) is 4.98 Å². The lowest BCUT2D eigenvalue weighted by atomic mass is 9.85. The minimum atomic E-state index is 0.166. The summed E-state index contributed by atoms with van der Waals surface area (Å²) in [5.41, 5.74) is 3.72. The van der Waals surface area contributed by atoms with Gasteiger partial charge in [-0.3, -0.25) is 4.98 Å². The van der Waals surface area contributed by atoms with Crippen LogP contribution in [0.4, 0.5) is 0 Å². The molecule has 1 nitrogen and oxygen atoms in total. The Bertz CT molecular complexity index is 1020. The van der Waals surface area contributed by atoms with Crippen LogP contribution in [0.15, 0.2) is 72.9 Å². The van der Waals surface area contributed by atoms with Crippen LogP contribution in [0.3, 0.4) is 0 Å². The second kappa shape index (κ2) is 5.45. The summed E-state index contributed by atoms with van der Waals surface area (Å²) in [5.74, 6) is 0. The van der Waals surface area contributed by atoms with E-state index in [1.807, 2.05) is 18.3 Å². The third-order valence-corrected chi connectivity index (χ3v) is 4.66. The number of hydrogen-bond acceptors (Lipinski definition) is 1. The third-order valence-electron chi connectivity index (χ3n) is 4.66. The van der Waals surface area contributed by atoms with E-state index in [-0.39, 0.29) is 5.41 Å². The molecule has 0 aliphatic carbocycles. The first-order chi connectivity index (χ1) is 11.5. The predicted octanol–water partition coefficient (Wildman–Crippen LogP) is 6.35. The zero-order chi connectivity index (χ0) is 16.7. The Morgan fingerprint density at radius 1 is 0.708 bits per heavy atom. The lowest BCUT2D eigenvalue weighted by molar-refractivity contribution is 0.591. The number of nitrogens with zero attached hydrogens (tertiary/aromatic N) is 1. The summed E-state index contributed by atoms with van der Waals surface area (Å²) in [6.07, 6.45) is 1.85. The van der Waals surface area contributed by atoms with Crippen LogP contribution in [0.2, 0.25) is 0 Å². The molecule has 3 aromatic carbocycles. The standard InChI is InChI=1S/C23H21N/c1-23(2,3)19-11-12-20-17(14-19)9-7-16-8-10-18(15-21(16)20)22-6-4-5-13-24-22/h4-15H,1-3H3. The molecule has 0 unspecified atom stereocenters.